The first-order valence-electron chi connectivity index (χ1n) is 25.3. The molecule has 0 saturated carbocycles. The molecule has 0 rings (SSSR count). The molecule has 0 fully saturated rings. The molecule has 0 aliphatic rings. The van der Waals surface area contributed by atoms with E-state index in [0.717, 1.165) is 83.5 Å². The summed E-state index contributed by atoms with van der Waals surface area (Å²) < 4.78 is 16.7. The van der Waals surface area contributed by atoms with Gasteiger partial charge in [-0.1, -0.05) is 242 Å². The second-order valence-electron chi connectivity index (χ2n) is 15.9. The molecule has 1 unspecified atom stereocenters. The lowest BCUT2D eigenvalue weighted by atomic mass is 10.1. The molecule has 66 heavy (non-hydrogen) atoms. The van der Waals surface area contributed by atoms with E-state index in [0.29, 0.717) is 19.3 Å². The van der Waals surface area contributed by atoms with Crippen LogP contribution < -0.4 is 0 Å². The highest BCUT2D eigenvalue weighted by molar-refractivity contribution is 5.71. The molecule has 0 bridgehead atoms. The Morgan fingerprint density at radius 1 is 0.318 bits per heavy atom. The molecule has 0 aliphatic heterocycles. The highest BCUT2D eigenvalue weighted by atomic mass is 16.6. The summed E-state index contributed by atoms with van der Waals surface area (Å²) in [6.45, 7) is 6.17. The molecule has 6 heteroatoms. The van der Waals surface area contributed by atoms with Gasteiger partial charge in [0.1, 0.15) is 13.2 Å². The highest BCUT2D eigenvalue weighted by Crippen LogP contribution is 2.11. The monoisotopic (exact) mass is 905 g/mol. The van der Waals surface area contributed by atoms with Gasteiger partial charge in [-0.2, -0.15) is 0 Å². The first-order valence-corrected chi connectivity index (χ1v) is 25.3. The minimum atomic E-state index is -0.848. The van der Waals surface area contributed by atoms with Gasteiger partial charge in [-0.15, -0.1) is 0 Å². The number of hydrogen-bond donors (Lipinski definition) is 0. The fourth-order valence-corrected chi connectivity index (χ4v) is 6.03. The molecule has 0 aromatic rings. The van der Waals surface area contributed by atoms with Crippen LogP contribution in [-0.4, -0.2) is 37.2 Å². The van der Waals surface area contributed by atoms with E-state index >= 15 is 0 Å². The second-order valence-corrected chi connectivity index (χ2v) is 15.9. The largest absolute Gasteiger partial charge is 0.462 e. The van der Waals surface area contributed by atoms with E-state index < -0.39 is 6.10 Å². The Kier molecular flexibility index (Phi) is 48.2. The normalized spacial score (nSPS) is 13.6. The maximum absolute atomic E-state index is 12.8. The van der Waals surface area contributed by atoms with Crippen molar-refractivity contribution in [2.45, 2.75) is 175 Å². The van der Waals surface area contributed by atoms with Crippen LogP contribution in [0.15, 0.2) is 170 Å². The average molecular weight is 905 g/mol. The zero-order valence-corrected chi connectivity index (χ0v) is 41.4. The van der Waals surface area contributed by atoms with Crippen molar-refractivity contribution in [3.63, 3.8) is 0 Å². The number of hydrogen-bond acceptors (Lipinski definition) is 6. The fraction of sp³-hybridized carbons (Fsp3) is 0.483. The molecule has 0 radical (unpaired) electrons. The predicted octanol–water partition coefficient (Wildman–Crippen LogP) is 16.8. The third-order valence-electron chi connectivity index (χ3n) is 9.79. The summed E-state index contributed by atoms with van der Waals surface area (Å²) in [5.41, 5.74) is 0. The minimum Gasteiger partial charge on any atom is -0.462 e. The van der Waals surface area contributed by atoms with Crippen LogP contribution >= 0.6 is 0 Å². The van der Waals surface area contributed by atoms with Gasteiger partial charge in [-0.25, -0.2) is 0 Å². The van der Waals surface area contributed by atoms with Crippen LogP contribution in [0.2, 0.25) is 0 Å². The van der Waals surface area contributed by atoms with Gasteiger partial charge in [0.15, 0.2) is 6.10 Å². The molecular weight excluding hydrogens is 817 g/mol. The van der Waals surface area contributed by atoms with E-state index in [2.05, 4.69) is 75.5 Å². The smallest absolute Gasteiger partial charge is 0.306 e. The van der Waals surface area contributed by atoms with E-state index in [1.807, 2.05) is 115 Å². The number of unbranched alkanes of at least 4 members (excludes halogenated alkanes) is 14. The Morgan fingerprint density at radius 2 is 0.606 bits per heavy atom. The number of ether oxygens (including phenoxy) is 3. The standard InChI is InChI=1S/C60H88O6/c1-4-7-10-13-16-19-22-25-27-29-31-32-35-38-41-44-47-50-53-59(62)65-56-57(55-64-58(61)52-49-46-43-40-37-34-24-21-18-15-12-9-6-3)66-60(63)54-51-48-45-42-39-36-33-30-28-26-23-20-17-14-11-8-5-2/h8-9,11-12,14-15,17-18,20-34,36-37,39-40,43,57H,4-7,10,13,16,19,35,38,41-42,44-56H2,1-3H3/b11-8+,12-9+,17-14+,18-15+,23-20+,24-21+,25-22+,28-26+,29-27+,32-31+,33-30+,37-34+,39-36+,43-40+. The van der Waals surface area contributed by atoms with Crippen molar-refractivity contribution >= 4 is 17.9 Å². The zero-order chi connectivity index (χ0) is 47.9. The predicted molar refractivity (Wildman–Crippen MR) is 283 cm³/mol. The Bertz CT molecular complexity index is 1600. The van der Waals surface area contributed by atoms with Crippen molar-refractivity contribution in [2.24, 2.45) is 0 Å². The first kappa shape index (κ1) is 60.8. The van der Waals surface area contributed by atoms with Crippen molar-refractivity contribution in [2.75, 3.05) is 13.2 Å². The van der Waals surface area contributed by atoms with E-state index in [-0.39, 0.29) is 44.0 Å². The summed E-state index contributed by atoms with van der Waals surface area (Å²) in [7, 11) is 0. The lowest BCUT2D eigenvalue weighted by molar-refractivity contribution is -0.167. The van der Waals surface area contributed by atoms with Gasteiger partial charge in [0.25, 0.3) is 0 Å². The zero-order valence-electron chi connectivity index (χ0n) is 41.4. The number of carbonyl (C=O) groups is 3. The van der Waals surface area contributed by atoms with Crippen LogP contribution in [-0.2, 0) is 28.6 Å². The van der Waals surface area contributed by atoms with Crippen LogP contribution in [0.25, 0.3) is 0 Å². The van der Waals surface area contributed by atoms with Crippen LogP contribution in [0.4, 0.5) is 0 Å². The number of carbonyl (C=O) groups excluding carboxylic acids is 3. The quantitative estimate of drug-likeness (QED) is 0.0263. The lowest BCUT2D eigenvalue weighted by Crippen LogP contribution is -2.30. The molecule has 0 amide bonds. The van der Waals surface area contributed by atoms with Crippen LogP contribution in [0.3, 0.4) is 0 Å². The third kappa shape index (κ3) is 49.8. The topological polar surface area (TPSA) is 78.9 Å². The number of rotatable bonds is 42. The van der Waals surface area contributed by atoms with Gasteiger partial charge < -0.3 is 14.2 Å². The van der Waals surface area contributed by atoms with Crippen molar-refractivity contribution in [1.29, 1.82) is 0 Å². The molecule has 0 saturated heterocycles. The van der Waals surface area contributed by atoms with Crippen LogP contribution in [0.5, 0.6) is 0 Å². The van der Waals surface area contributed by atoms with Gasteiger partial charge in [0.05, 0.1) is 0 Å². The van der Waals surface area contributed by atoms with E-state index in [1.54, 1.807) is 0 Å². The molecule has 0 N–H and O–H groups in total. The van der Waals surface area contributed by atoms with E-state index in [1.165, 1.54) is 32.1 Å². The molecule has 0 spiro atoms. The maximum atomic E-state index is 12.8. The minimum absolute atomic E-state index is 0.139. The SMILES string of the molecule is CC/C=C/C=C/C=C/C=C/C=C/C=C/CCCCCC(=O)OC(COC(=O)CCC/C=C/C=C/C=C/C=C/C=C/CC)COC(=O)CCCCCCC/C=C/C=C/C=C/CCCCCCC. The molecule has 1 atom stereocenters. The van der Waals surface area contributed by atoms with Gasteiger partial charge in [0, 0.05) is 19.3 Å². The average Bonchev–Trinajstić information content (AvgIpc) is 3.31. The van der Waals surface area contributed by atoms with Crippen molar-refractivity contribution in [3.8, 4) is 0 Å². The molecule has 0 heterocycles. The first-order chi connectivity index (χ1) is 32.5. The number of esters is 3. The van der Waals surface area contributed by atoms with Gasteiger partial charge in [0.2, 0.25) is 0 Å². The summed E-state index contributed by atoms with van der Waals surface area (Å²) >= 11 is 0. The Balaban J connectivity index is 4.66. The Morgan fingerprint density at radius 3 is 1.00 bits per heavy atom. The summed E-state index contributed by atoms with van der Waals surface area (Å²) in [5.74, 6) is -1.10. The fourth-order valence-electron chi connectivity index (χ4n) is 6.03. The van der Waals surface area contributed by atoms with E-state index in [9.17, 15) is 14.4 Å². The summed E-state index contributed by atoms with van der Waals surface area (Å²) in [5, 5.41) is 0. The lowest BCUT2D eigenvalue weighted by Gasteiger charge is -2.18. The molecule has 0 aliphatic carbocycles. The summed E-state index contributed by atoms with van der Waals surface area (Å²) in [6, 6.07) is 0. The van der Waals surface area contributed by atoms with Crippen LogP contribution in [0.1, 0.15) is 168 Å². The van der Waals surface area contributed by atoms with Crippen molar-refractivity contribution < 1.29 is 28.6 Å². The van der Waals surface area contributed by atoms with Gasteiger partial charge in [-0.3, -0.25) is 14.4 Å². The maximum Gasteiger partial charge on any atom is 0.306 e. The molecule has 0 aromatic heterocycles. The van der Waals surface area contributed by atoms with Gasteiger partial charge >= 0.3 is 17.9 Å². The molecule has 0 aromatic carbocycles. The van der Waals surface area contributed by atoms with E-state index in [4.69, 9.17) is 14.2 Å². The Hall–Kier alpha value is -5.23. The van der Waals surface area contributed by atoms with Crippen LogP contribution in [0, 0.1) is 0 Å². The highest BCUT2D eigenvalue weighted by Gasteiger charge is 2.19. The Labute approximate surface area is 402 Å². The molecular formula is C60H88O6. The van der Waals surface area contributed by atoms with Crippen molar-refractivity contribution in [1.82, 2.24) is 0 Å². The van der Waals surface area contributed by atoms with Crippen molar-refractivity contribution in [3.05, 3.63) is 170 Å². The third-order valence-corrected chi connectivity index (χ3v) is 9.79. The molecule has 364 valence electrons. The number of allylic oxidation sites excluding steroid dienone is 28. The summed E-state index contributed by atoms with van der Waals surface area (Å²) in [6.07, 6.45) is 77.6. The summed E-state index contributed by atoms with van der Waals surface area (Å²) in [4.78, 5) is 37.9. The second kappa shape index (κ2) is 52.4. The molecule has 6 nitrogen and oxygen atoms in total. The van der Waals surface area contributed by atoms with Gasteiger partial charge in [-0.05, 0) is 77.0 Å².